The van der Waals surface area contributed by atoms with Crippen LogP contribution in [0.2, 0.25) is 0 Å². The van der Waals surface area contributed by atoms with Gasteiger partial charge in [-0.3, -0.25) is 14.5 Å². The maximum absolute atomic E-state index is 12.5. The van der Waals surface area contributed by atoms with E-state index in [4.69, 9.17) is 0 Å². The zero-order valence-electron chi connectivity index (χ0n) is 14.1. The van der Waals surface area contributed by atoms with E-state index in [-0.39, 0.29) is 24.4 Å². The average molecular weight is 323 g/mol. The van der Waals surface area contributed by atoms with Crippen molar-refractivity contribution in [3.8, 4) is 0 Å². The Morgan fingerprint density at radius 2 is 1.92 bits per heavy atom. The van der Waals surface area contributed by atoms with Crippen molar-refractivity contribution in [2.45, 2.75) is 26.8 Å². The van der Waals surface area contributed by atoms with Crippen LogP contribution >= 0.6 is 0 Å². The number of carbonyl (C=O) groups excluding carboxylic acids is 2. The van der Waals surface area contributed by atoms with E-state index in [1.165, 1.54) is 10.5 Å². The number of amides is 2. The molecule has 0 saturated heterocycles. The van der Waals surface area contributed by atoms with Crippen LogP contribution in [0.15, 0.2) is 42.5 Å². The van der Waals surface area contributed by atoms with Crippen molar-refractivity contribution < 1.29 is 9.59 Å². The number of anilines is 3. The molecular formula is C19H21N3O2. The first kappa shape index (κ1) is 16.1. The lowest BCUT2D eigenvalue weighted by Gasteiger charge is -2.33. The highest BCUT2D eigenvalue weighted by molar-refractivity contribution is 6.09. The van der Waals surface area contributed by atoms with Crippen molar-refractivity contribution in [1.82, 2.24) is 0 Å². The Kier molecular flexibility index (Phi) is 4.25. The third-order valence-electron chi connectivity index (χ3n) is 4.30. The Hall–Kier alpha value is -2.82. The molecule has 5 nitrogen and oxygen atoms in total. The molecular weight excluding hydrogens is 302 g/mol. The molecule has 2 aromatic rings. The summed E-state index contributed by atoms with van der Waals surface area (Å²) >= 11 is 0. The molecule has 2 aromatic carbocycles. The molecule has 0 aromatic heterocycles. The number of para-hydroxylation sites is 2. The molecule has 0 bridgehead atoms. The molecule has 0 saturated carbocycles. The molecule has 1 aliphatic rings. The summed E-state index contributed by atoms with van der Waals surface area (Å²) in [5.74, 6) is -0.320. The fourth-order valence-corrected chi connectivity index (χ4v) is 2.80. The van der Waals surface area contributed by atoms with Crippen molar-refractivity contribution in [3.63, 3.8) is 0 Å². The first-order chi connectivity index (χ1) is 11.5. The second-order valence-corrected chi connectivity index (χ2v) is 6.15. The van der Waals surface area contributed by atoms with E-state index in [1.54, 1.807) is 6.92 Å². The molecule has 1 unspecified atom stereocenters. The number of nitrogens with zero attached hydrogens (tertiary/aromatic N) is 1. The first-order valence-electron chi connectivity index (χ1n) is 8.00. The lowest BCUT2D eigenvalue weighted by atomic mass is 10.1. The van der Waals surface area contributed by atoms with Gasteiger partial charge in [0.2, 0.25) is 11.8 Å². The number of hydrogen-bond donors (Lipinski definition) is 2. The summed E-state index contributed by atoms with van der Waals surface area (Å²) in [5, 5.41) is 6.02. The summed E-state index contributed by atoms with van der Waals surface area (Å²) in [4.78, 5) is 26.4. The van der Waals surface area contributed by atoms with Gasteiger partial charge in [-0.1, -0.05) is 18.2 Å². The maximum atomic E-state index is 12.5. The standard InChI is InChI=1S/C19H21N3O2/c1-12-8-9-15(10-13(12)2)21-18(23)11-22-17-7-5-4-6-16(17)20-14(3)19(22)24/h4-10,14,20H,11H2,1-3H3,(H,21,23). The van der Waals surface area contributed by atoms with Crippen LogP contribution < -0.4 is 15.5 Å². The van der Waals surface area contributed by atoms with Crippen molar-refractivity contribution in [3.05, 3.63) is 53.6 Å². The van der Waals surface area contributed by atoms with Gasteiger partial charge in [0.15, 0.2) is 0 Å². The summed E-state index contributed by atoms with van der Waals surface area (Å²) in [6.07, 6.45) is 0. The lowest BCUT2D eigenvalue weighted by Crippen LogP contribution is -2.48. The van der Waals surface area contributed by atoms with Crippen LogP contribution in [0.25, 0.3) is 0 Å². The van der Waals surface area contributed by atoms with E-state index >= 15 is 0 Å². The van der Waals surface area contributed by atoms with Crippen molar-refractivity contribution in [2.75, 3.05) is 22.1 Å². The Morgan fingerprint density at radius 1 is 1.17 bits per heavy atom. The normalized spacial score (nSPS) is 16.4. The predicted molar refractivity (Wildman–Crippen MR) is 96.4 cm³/mol. The molecule has 3 rings (SSSR count). The van der Waals surface area contributed by atoms with Crippen LogP contribution in [0.4, 0.5) is 17.1 Å². The monoisotopic (exact) mass is 323 g/mol. The van der Waals surface area contributed by atoms with Gasteiger partial charge in [-0.2, -0.15) is 0 Å². The van der Waals surface area contributed by atoms with Crippen LogP contribution in [0, 0.1) is 13.8 Å². The van der Waals surface area contributed by atoms with Gasteiger partial charge >= 0.3 is 0 Å². The Balaban J connectivity index is 1.78. The number of fused-ring (bicyclic) bond motifs is 1. The lowest BCUT2D eigenvalue weighted by molar-refractivity contribution is -0.122. The molecule has 2 amide bonds. The maximum Gasteiger partial charge on any atom is 0.249 e. The Labute approximate surface area is 141 Å². The Bertz CT molecular complexity index is 801. The molecule has 1 atom stereocenters. The number of rotatable bonds is 3. The SMILES string of the molecule is Cc1ccc(NC(=O)CN2C(=O)C(C)Nc3ccccc32)cc1C. The van der Waals surface area contributed by atoms with Crippen LogP contribution in [-0.4, -0.2) is 24.4 Å². The predicted octanol–water partition coefficient (Wildman–Crippen LogP) is 3.09. The van der Waals surface area contributed by atoms with Gasteiger partial charge in [0.25, 0.3) is 0 Å². The summed E-state index contributed by atoms with van der Waals surface area (Å²) in [5.41, 5.74) is 4.63. The molecule has 0 spiro atoms. The van der Waals surface area contributed by atoms with Gasteiger partial charge in [-0.25, -0.2) is 0 Å². The van der Waals surface area contributed by atoms with Gasteiger partial charge in [-0.15, -0.1) is 0 Å². The summed E-state index contributed by atoms with van der Waals surface area (Å²) in [6.45, 7) is 5.82. The van der Waals surface area contributed by atoms with E-state index in [9.17, 15) is 9.59 Å². The molecule has 2 N–H and O–H groups in total. The van der Waals surface area contributed by atoms with Crippen LogP contribution in [0.3, 0.4) is 0 Å². The molecule has 5 heteroatoms. The van der Waals surface area contributed by atoms with Gasteiger partial charge in [0.05, 0.1) is 11.4 Å². The van der Waals surface area contributed by atoms with E-state index in [2.05, 4.69) is 10.6 Å². The topological polar surface area (TPSA) is 61.4 Å². The largest absolute Gasteiger partial charge is 0.372 e. The number of aryl methyl sites for hydroxylation is 2. The van der Waals surface area contributed by atoms with Crippen LogP contribution in [0.5, 0.6) is 0 Å². The second kappa shape index (κ2) is 6.35. The third kappa shape index (κ3) is 3.11. The highest BCUT2D eigenvalue weighted by Crippen LogP contribution is 2.30. The minimum atomic E-state index is -0.352. The third-order valence-corrected chi connectivity index (χ3v) is 4.30. The van der Waals surface area contributed by atoms with Crippen LogP contribution in [-0.2, 0) is 9.59 Å². The van der Waals surface area contributed by atoms with E-state index in [0.29, 0.717) is 0 Å². The smallest absolute Gasteiger partial charge is 0.249 e. The van der Waals surface area contributed by atoms with Crippen molar-refractivity contribution >= 4 is 28.9 Å². The molecule has 1 heterocycles. The Morgan fingerprint density at radius 3 is 2.67 bits per heavy atom. The van der Waals surface area contributed by atoms with E-state index in [1.807, 2.05) is 56.3 Å². The van der Waals surface area contributed by atoms with E-state index in [0.717, 1.165) is 22.6 Å². The summed E-state index contributed by atoms with van der Waals surface area (Å²) < 4.78 is 0. The fourth-order valence-electron chi connectivity index (χ4n) is 2.80. The molecule has 124 valence electrons. The molecule has 1 aliphatic heterocycles. The van der Waals surface area contributed by atoms with Gasteiger partial charge in [0, 0.05) is 5.69 Å². The quantitative estimate of drug-likeness (QED) is 0.912. The van der Waals surface area contributed by atoms with Crippen molar-refractivity contribution in [2.24, 2.45) is 0 Å². The molecule has 0 aliphatic carbocycles. The number of hydrogen-bond acceptors (Lipinski definition) is 3. The zero-order valence-corrected chi connectivity index (χ0v) is 14.1. The number of carbonyl (C=O) groups is 2. The minimum Gasteiger partial charge on any atom is -0.372 e. The highest BCUT2D eigenvalue weighted by atomic mass is 16.2. The summed E-state index contributed by atoms with van der Waals surface area (Å²) in [6, 6.07) is 12.9. The zero-order chi connectivity index (χ0) is 17.3. The van der Waals surface area contributed by atoms with E-state index < -0.39 is 0 Å². The number of nitrogens with one attached hydrogen (secondary N) is 2. The average Bonchev–Trinajstić information content (AvgIpc) is 2.55. The highest BCUT2D eigenvalue weighted by Gasteiger charge is 2.30. The number of benzene rings is 2. The van der Waals surface area contributed by atoms with Crippen LogP contribution in [0.1, 0.15) is 18.1 Å². The van der Waals surface area contributed by atoms with Gasteiger partial charge < -0.3 is 10.6 Å². The molecule has 24 heavy (non-hydrogen) atoms. The van der Waals surface area contributed by atoms with Crippen molar-refractivity contribution in [1.29, 1.82) is 0 Å². The fraction of sp³-hybridized carbons (Fsp3) is 0.263. The summed E-state index contributed by atoms with van der Waals surface area (Å²) in [7, 11) is 0. The molecule has 0 radical (unpaired) electrons. The van der Waals surface area contributed by atoms with Gasteiger partial charge in [0.1, 0.15) is 12.6 Å². The second-order valence-electron chi connectivity index (χ2n) is 6.15. The minimum absolute atomic E-state index is 0.00517. The van der Waals surface area contributed by atoms with Gasteiger partial charge in [-0.05, 0) is 56.2 Å². The first-order valence-corrected chi connectivity index (χ1v) is 8.00. The molecule has 0 fully saturated rings.